The van der Waals surface area contributed by atoms with Gasteiger partial charge in [-0.25, -0.2) is 4.79 Å². The molecule has 1 saturated heterocycles. The molecule has 0 aromatic rings. The lowest BCUT2D eigenvalue weighted by atomic mass is 9.99. The summed E-state index contributed by atoms with van der Waals surface area (Å²) >= 11 is 0. The average Bonchev–Trinajstić information content (AvgIpc) is 2.70. The maximum atomic E-state index is 12.2. The molecule has 1 rings (SSSR count). The second-order valence-electron chi connectivity index (χ2n) is 4.74. The summed E-state index contributed by atoms with van der Waals surface area (Å²) in [5.74, 6) is 1.15. The highest BCUT2D eigenvalue weighted by atomic mass is 16.4. The van der Waals surface area contributed by atoms with E-state index in [0.29, 0.717) is 13.1 Å². The van der Waals surface area contributed by atoms with Gasteiger partial charge in [0.25, 0.3) is 0 Å². The van der Waals surface area contributed by atoms with Crippen LogP contribution < -0.4 is 0 Å². The third-order valence-corrected chi connectivity index (χ3v) is 3.25. The number of carbonyl (C=O) groups is 2. The molecule has 1 N–H and O–H groups in total. The molecule has 0 aliphatic carbocycles. The fraction of sp³-hybridized carbons (Fsp3) is 0.692. The maximum absolute atomic E-state index is 12.2. The Kier molecular flexibility index (Phi) is 5.02. The first-order chi connectivity index (χ1) is 8.51. The van der Waals surface area contributed by atoms with Gasteiger partial charge in [0.1, 0.15) is 0 Å². The third kappa shape index (κ3) is 3.16. The highest BCUT2D eigenvalue weighted by Crippen LogP contribution is 2.24. The Bertz CT molecular complexity index is 362. The second-order valence-corrected chi connectivity index (χ2v) is 4.74. The number of hydrogen-bond acceptors (Lipinski definition) is 2. The SMILES string of the molecule is C#CCN(CCC)C(=O)N1C[C@@H](C)[C@H](C(=O)O)C1. The van der Waals surface area contributed by atoms with Gasteiger partial charge < -0.3 is 14.9 Å². The smallest absolute Gasteiger partial charge is 0.320 e. The van der Waals surface area contributed by atoms with Crippen molar-refractivity contribution in [1.29, 1.82) is 0 Å². The minimum Gasteiger partial charge on any atom is -0.481 e. The molecule has 18 heavy (non-hydrogen) atoms. The van der Waals surface area contributed by atoms with E-state index in [0.717, 1.165) is 6.42 Å². The molecule has 0 spiro atoms. The number of amides is 2. The van der Waals surface area contributed by atoms with Crippen molar-refractivity contribution in [1.82, 2.24) is 9.80 Å². The zero-order valence-electron chi connectivity index (χ0n) is 10.9. The Hall–Kier alpha value is -1.70. The molecule has 5 nitrogen and oxygen atoms in total. The summed E-state index contributed by atoms with van der Waals surface area (Å²) in [5.41, 5.74) is 0. The Balaban J connectivity index is 2.67. The minimum absolute atomic E-state index is 0.0132. The van der Waals surface area contributed by atoms with E-state index in [4.69, 9.17) is 11.5 Å². The van der Waals surface area contributed by atoms with Crippen LogP contribution in [0.1, 0.15) is 20.3 Å². The molecule has 1 aliphatic heterocycles. The van der Waals surface area contributed by atoms with Crippen molar-refractivity contribution < 1.29 is 14.7 Å². The molecule has 1 fully saturated rings. The number of carbonyl (C=O) groups excluding carboxylic acids is 1. The number of hydrogen-bond donors (Lipinski definition) is 1. The van der Waals surface area contributed by atoms with Gasteiger partial charge in [0.05, 0.1) is 12.5 Å². The van der Waals surface area contributed by atoms with Gasteiger partial charge in [-0.05, 0) is 12.3 Å². The molecule has 2 amide bonds. The lowest BCUT2D eigenvalue weighted by Crippen LogP contribution is -2.43. The first kappa shape index (κ1) is 14.4. The highest BCUT2D eigenvalue weighted by Gasteiger charge is 2.38. The van der Waals surface area contributed by atoms with Gasteiger partial charge in [-0.3, -0.25) is 4.79 Å². The van der Waals surface area contributed by atoms with Crippen molar-refractivity contribution in [2.75, 3.05) is 26.2 Å². The van der Waals surface area contributed by atoms with Crippen molar-refractivity contribution in [3.63, 3.8) is 0 Å². The Labute approximate surface area is 108 Å². The molecular formula is C13H20N2O3. The quantitative estimate of drug-likeness (QED) is 0.762. The topological polar surface area (TPSA) is 60.9 Å². The largest absolute Gasteiger partial charge is 0.481 e. The highest BCUT2D eigenvalue weighted by molar-refractivity contribution is 5.78. The number of likely N-dealkylation sites (tertiary alicyclic amines) is 1. The van der Waals surface area contributed by atoms with Gasteiger partial charge in [0.15, 0.2) is 0 Å². The average molecular weight is 252 g/mol. The van der Waals surface area contributed by atoms with Crippen LogP contribution in [0.4, 0.5) is 4.79 Å². The number of carboxylic acids is 1. The van der Waals surface area contributed by atoms with Crippen LogP contribution in [0, 0.1) is 24.2 Å². The van der Waals surface area contributed by atoms with Gasteiger partial charge in [0, 0.05) is 19.6 Å². The first-order valence-electron chi connectivity index (χ1n) is 6.21. The monoisotopic (exact) mass is 252 g/mol. The molecule has 2 atom stereocenters. The van der Waals surface area contributed by atoms with Crippen LogP contribution in [0.2, 0.25) is 0 Å². The van der Waals surface area contributed by atoms with Crippen molar-refractivity contribution in [3.8, 4) is 12.3 Å². The predicted molar refractivity (Wildman–Crippen MR) is 68.0 cm³/mol. The molecule has 0 aromatic heterocycles. The fourth-order valence-corrected chi connectivity index (χ4v) is 2.27. The normalized spacial score (nSPS) is 22.6. The summed E-state index contributed by atoms with van der Waals surface area (Å²) in [6, 6.07) is -0.148. The van der Waals surface area contributed by atoms with E-state index in [1.54, 1.807) is 9.80 Å². The minimum atomic E-state index is -0.836. The van der Waals surface area contributed by atoms with Gasteiger partial charge in [0.2, 0.25) is 0 Å². The van der Waals surface area contributed by atoms with Crippen LogP contribution in [0.15, 0.2) is 0 Å². The van der Waals surface area contributed by atoms with Crippen LogP contribution in [0.3, 0.4) is 0 Å². The van der Waals surface area contributed by atoms with Crippen LogP contribution in [0.5, 0.6) is 0 Å². The number of terminal acetylenes is 1. The summed E-state index contributed by atoms with van der Waals surface area (Å²) in [7, 11) is 0. The van der Waals surface area contributed by atoms with Gasteiger partial charge in [-0.15, -0.1) is 6.42 Å². The molecule has 0 radical (unpaired) electrons. The van der Waals surface area contributed by atoms with Crippen molar-refractivity contribution in [3.05, 3.63) is 0 Å². The first-order valence-corrected chi connectivity index (χ1v) is 6.21. The van der Waals surface area contributed by atoms with E-state index in [1.807, 2.05) is 13.8 Å². The van der Waals surface area contributed by atoms with E-state index in [2.05, 4.69) is 5.92 Å². The number of carboxylic acid groups (broad SMARTS) is 1. The van der Waals surface area contributed by atoms with E-state index in [1.165, 1.54) is 0 Å². The molecule has 1 aliphatic rings. The van der Waals surface area contributed by atoms with E-state index < -0.39 is 11.9 Å². The number of rotatable bonds is 4. The molecule has 0 bridgehead atoms. The lowest BCUT2D eigenvalue weighted by Gasteiger charge is -2.26. The number of nitrogens with zero attached hydrogens (tertiary/aromatic N) is 2. The van der Waals surface area contributed by atoms with E-state index in [9.17, 15) is 9.59 Å². The molecular weight excluding hydrogens is 232 g/mol. The van der Waals surface area contributed by atoms with Crippen LogP contribution in [-0.2, 0) is 4.79 Å². The Morgan fingerprint density at radius 1 is 1.50 bits per heavy atom. The summed E-state index contributed by atoms with van der Waals surface area (Å²) < 4.78 is 0. The molecule has 1 heterocycles. The van der Waals surface area contributed by atoms with Crippen LogP contribution >= 0.6 is 0 Å². The Morgan fingerprint density at radius 3 is 2.61 bits per heavy atom. The number of urea groups is 1. The molecule has 0 saturated carbocycles. The zero-order valence-corrected chi connectivity index (χ0v) is 10.9. The van der Waals surface area contributed by atoms with Crippen molar-refractivity contribution in [2.24, 2.45) is 11.8 Å². The maximum Gasteiger partial charge on any atom is 0.320 e. The van der Waals surface area contributed by atoms with Crippen LogP contribution in [0.25, 0.3) is 0 Å². The van der Waals surface area contributed by atoms with E-state index >= 15 is 0 Å². The third-order valence-electron chi connectivity index (χ3n) is 3.25. The standard InChI is InChI=1S/C13H20N2O3/c1-4-6-14(7-5-2)13(18)15-8-10(3)11(9-15)12(16)17/h1,10-11H,5-9H2,2-3H3,(H,16,17)/t10-,11-/m1/s1. The fourth-order valence-electron chi connectivity index (χ4n) is 2.27. The van der Waals surface area contributed by atoms with Crippen LogP contribution in [-0.4, -0.2) is 53.1 Å². The molecule has 5 heteroatoms. The zero-order chi connectivity index (χ0) is 13.7. The summed E-state index contributed by atoms with van der Waals surface area (Å²) in [5, 5.41) is 9.04. The summed E-state index contributed by atoms with van der Waals surface area (Å²) in [6.45, 7) is 5.47. The van der Waals surface area contributed by atoms with Gasteiger partial charge in [-0.2, -0.15) is 0 Å². The summed E-state index contributed by atoms with van der Waals surface area (Å²) in [4.78, 5) is 26.4. The lowest BCUT2D eigenvalue weighted by molar-refractivity contribution is -0.142. The number of aliphatic carboxylic acids is 1. The van der Waals surface area contributed by atoms with Crippen molar-refractivity contribution in [2.45, 2.75) is 20.3 Å². The predicted octanol–water partition coefficient (Wildman–Crippen LogP) is 1.10. The second kappa shape index (κ2) is 6.29. The van der Waals surface area contributed by atoms with Crippen molar-refractivity contribution >= 4 is 12.0 Å². The van der Waals surface area contributed by atoms with Gasteiger partial charge in [-0.1, -0.05) is 19.8 Å². The summed E-state index contributed by atoms with van der Waals surface area (Å²) in [6.07, 6.45) is 6.07. The molecule has 100 valence electrons. The molecule has 0 aromatic carbocycles. The van der Waals surface area contributed by atoms with E-state index in [-0.39, 0.29) is 25.0 Å². The Morgan fingerprint density at radius 2 is 2.17 bits per heavy atom. The van der Waals surface area contributed by atoms with Gasteiger partial charge >= 0.3 is 12.0 Å². The molecule has 0 unspecified atom stereocenters.